The molecule has 4 heteroatoms. The van der Waals surface area contributed by atoms with E-state index in [1.807, 2.05) is 24.3 Å². The number of hydrogen-bond donors (Lipinski definition) is 2. The molecule has 1 unspecified atom stereocenters. The number of methoxy groups -OCH3 is 1. The largest absolute Gasteiger partial charge is 0.508 e. The van der Waals surface area contributed by atoms with Crippen molar-refractivity contribution in [2.45, 2.75) is 32.9 Å². The zero-order chi connectivity index (χ0) is 14.5. The zero-order valence-electron chi connectivity index (χ0n) is 12.1. The van der Waals surface area contributed by atoms with Crippen molar-refractivity contribution in [2.75, 3.05) is 7.11 Å². The molecule has 20 heavy (non-hydrogen) atoms. The number of ether oxygens (including phenoxy) is 1. The summed E-state index contributed by atoms with van der Waals surface area (Å²) in [6.45, 7) is 5.02. The Morgan fingerprint density at radius 2 is 2.00 bits per heavy atom. The minimum Gasteiger partial charge on any atom is -0.508 e. The van der Waals surface area contributed by atoms with E-state index in [0.717, 1.165) is 24.3 Å². The number of aryl methyl sites for hydroxylation is 1. The van der Waals surface area contributed by atoms with Gasteiger partial charge in [0.05, 0.1) is 7.11 Å². The lowest BCUT2D eigenvalue weighted by atomic mass is 10.1. The quantitative estimate of drug-likeness (QED) is 0.848. The lowest BCUT2D eigenvalue weighted by molar-refractivity contribution is 0.407. The first-order valence-electron chi connectivity index (χ1n) is 6.82. The van der Waals surface area contributed by atoms with Gasteiger partial charge >= 0.3 is 0 Å². The van der Waals surface area contributed by atoms with Crippen molar-refractivity contribution < 1.29 is 9.84 Å². The number of rotatable bonds is 6. The zero-order valence-corrected chi connectivity index (χ0v) is 13.0. The lowest BCUT2D eigenvalue weighted by Gasteiger charge is -2.16. The monoisotopic (exact) mass is 291 g/mol. The van der Waals surface area contributed by atoms with E-state index in [1.165, 1.54) is 9.75 Å². The van der Waals surface area contributed by atoms with Crippen molar-refractivity contribution in [1.29, 1.82) is 0 Å². The van der Waals surface area contributed by atoms with Crippen LogP contribution in [0.4, 0.5) is 0 Å². The molecule has 1 atom stereocenters. The molecular formula is C16H21NO2S. The smallest absolute Gasteiger partial charge is 0.120 e. The second-order valence-corrected chi connectivity index (χ2v) is 6.00. The Bertz CT molecular complexity index is 565. The number of nitrogens with one attached hydrogen (secondary N) is 1. The summed E-state index contributed by atoms with van der Waals surface area (Å²) in [6.07, 6.45) is 1.08. The molecule has 0 fully saturated rings. The minimum absolute atomic E-state index is 0.0669. The Balaban J connectivity index is 2.02. The van der Waals surface area contributed by atoms with Crippen LogP contribution in [-0.2, 0) is 13.0 Å². The van der Waals surface area contributed by atoms with Gasteiger partial charge in [0, 0.05) is 27.9 Å². The van der Waals surface area contributed by atoms with Gasteiger partial charge < -0.3 is 15.2 Å². The van der Waals surface area contributed by atoms with E-state index in [0.29, 0.717) is 5.75 Å². The van der Waals surface area contributed by atoms with Crippen LogP contribution in [0.25, 0.3) is 0 Å². The maximum Gasteiger partial charge on any atom is 0.120 e. The van der Waals surface area contributed by atoms with Crippen LogP contribution < -0.4 is 10.1 Å². The van der Waals surface area contributed by atoms with E-state index in [4.69, 9.17) is 4.74 Å². The summed E-state index contributed by atoms with van der Waals surface area (Å²) in [5, 5.41) is 13.4. The van der Waals surface area contributed by atoms with Crippen LogP contribution in [-0.4, -0.2) is 12.2 Å². The van der Waals surface area contributed by atoms with Gasteiger partial charge in [-0.25, -0.2) is 0 Å². The highest BCUT2D eigenvalue weighted by molar-refractivity contribution is 7.11. The Kier molecular flexibility index (Phi) is 5.04. The molecule has 0 radical (unpaired) electrons. The molecule has 0 saturated heterocycles. The Labute approximate surface area is 124 Å². The van der Waals surface area contributed by atoms with Gasteiger partial charge in [0.25, 0.3) is 0 Å². The van der Waals surface area contributed by atoms with Crippen LogP contribution >= 0.6 is 11.3 Å². The summed E-state index contributed by atoms with van der Waals surface area (Å²) in [5.41, 5.74) is 0.858. The van der Waals surface area contributed by atoms with Gasteiger partial charge in [0.1, 0.15) is 11.5 Å². The fourth-order valence-electron chi connectivity index (χ4n) is 2.08. The first-order valence-corrected chi connectivity index (χ1v) is 7.63. The molecule has 0 aliphatic heterocycles. The van der Waals surface area contributed by atoms with E-state index >= 15 is 0 Å². The van der Waals surface area contributed by atoms with Gasteiger partial charge in [-0.1, -0.05) is 6.92 Å². The van der Waals surface area contributed by atoms with E-state index in [9.17, 15) is 5.11 Å². The van der Waals surface area contributed by atoms with Gasteiger partial charge in [-0.05, 0) is 43.7 Å². The van der Waals surface area contributed by atoms with E-state index < -0.39 is 0 Å². The molecule has 0 spiro atoms. The fourth-order valence-corrected chi connectivity index (χ4v) is 2.99. The standard InChI is InChI=1S/C16H21NO2S/c1-4-13-6-7-14(20-13)10-17-11(2)15-9-12(19-3)5-8-16(15)18/h5-9,11,17-18H,4,10H2,1-3H3. The summed E-state index contributed by atoms with van der Waals surface area (Å²) in [7, 11) is 1.63. The molecule has 0 aliphatic rings. The molecule has 108 valence electrons. The summed E-state index contributed by atoms with van der Waals surface area (Å²) >= 11 is 1.83. The van der Waals surface area contributed by atoms with Gasteiger partial charge in [-0.3, -0.25) is 0 Å². The maximum atomic E-state index is 9.95. The number of aromatic hydroxyl groups is 1. The molecule has 2 aromatic rings. The highest BCUT2D eigenvalue weighted by Crippen LogP contribution is 2.28. The second kappa shape index (κ2) is 6.77. The maximum absolute atomic E-state index is 9.95. The Morgan fingerprint density at radius 1 is 1.25 bits per heavy atom. The summed E-state index contributed by atoms with van der Waals surface area (Å²) < 4.78 is 5.20. The number of phenolic OH excluding ortho intramolecular Hbond substituents is 1. The Morgan fingerprint density at radius 3 is 2.65 bits per heavy atom. The van der Waals surface area contributed by atoms with Gasteiger partial charge in [0.15, 0.2) is 0 Å². The van der Waals surface area contributed by atoms with Gasteiger partial charge in [-0.2, -0.15) is 0 Å². The molecule has 1 heterocycles. The highest BCUT2D eigenvalue weighted by Gasteiger charge is 2.11. The predicted octanol–water partition coefficient (Wildman–Crippen LogP) is 3.88. The van der Waals surface area contributed by atoms with E-state index in [2.05, 4.69) is 24.4 Å². The third kappa shape index (κ3) is 3.52. The fraction of sp³-hybridized carbons (Fsp3) is 0.375. The molecule has 0 amide bonds. The molecular weight excluding hydrogens is 270 g/mol. The summed E-state index contributed by atoms with van der Waals surface area (Å²) in [6, 6.07) is 9.71. The van der Waals surface area contributed by atoms with Crippen molar-refractivity contribution >= 4 is 11.3 Å². The number of benzene rings is 1. The molecule has 2 rings (SSSR count). The van der Waals surface area contributed by atoms with Crippen LogP contribution in [0, 0.1) is 0 Å². The molecule has 3 nitrogen and oxygen atoms in total. The average molecular weight is 291 g/mol. The van der Waals surface area contributed by atoms with Crippen LogP contribution in [0.15, 0.2) is 30.3 Å². The van der Waals surface area contributed by atoms with Gasteiger partial charge in [-0.15, -0.1) is 11.3 Å². The lowest BCUT2D eigenvalue weighted by Crippen LogP contribution is -2.17. The number of phenols is 1. The molecule has 0 aliphatic carbocycles. The SMILES string of the molecule is CCc1ccc(CNC(C)c2cc(OC)ccc2O)s1. The normalized spacial score (nSPS) is 12.3. The van der Waals surface area contributed by atoms with Gasteiger partial charge in [0.2, 0.25) is 0 Å². The van der Waals surface area contributed by atoms with Crippen molar-refractivity contribution in [2.24, 2.45) is 0 Å². The average Bonchev–Trinajstić information content (AvgIpc) is 2.93. The number of thiophene rings is 1. The van der Waals surface area contributed by atoms with Crippen molar-refractivity contribution in [3.8, 4) is 11.5 Å². The first-order chi connectivity index (χ1) is 9.63. The molecule has 1 aromatic carbocycles. The molecule has 0 saturated carbocycles. The molecule has 2 N–H and O–H groups in total. The molecule has 1 aromatic heterocycles. The van der Waals surface area contributed by atoms with Crippen LogP contribution in [0.3, 0.4) is 0 Å². The van der Waals surface area contributed by atoms with E-state index in [1.54, 1.807) is 19.2 Å². The van der Waals surface area contributed by atoms with Crippen molar-refractivity contribution in [3.05, 3.63) is 45.6 Å². The predicted molar refractivity (Wildman–Crippen MR) is 83.6 cm³/mol. The second-order valence-electron chi connectivity index (χ2n) is 4.75. The van der Waals surface area contributed by atoms with Crippen molar-refractivity contribution in [1.82, 2.24) is 5.32 Å². The molecule has 0 bridgehead atoms. The van der Waals surface area contributed by atoms with Crippen LogP contribution in [0.2, 0.25) is 0 Å². The van der Waals surface area contributed by atoms with Crippen LogP contribution in [0.1, 0.15) is 35.2 Å². The topological polar surface area (TPSA) is 41.5 Å². The van der Waals surface area contributed by atoms with Crippen molar-refractivity contribution in [3.63, 3.8) is 0 Å². The van der Waals surface area contributed by atoms with Crippen LogP contribution in [0.5, 0.6) is 11.5 Å². The first kappa shape index (κ1) is 14.9. The third-order valence-electron chi connectivity index (χ3n) is 3.35. The third-order valence-corrected chi connectivity index (χ3v) is 4.58. The summed E-state index contributed by atoms with van der Waals surface area (Å²) in [5.74, 6) is 1.06. The Hall–Kier alpha value is -1.52. The summed E-state index contributed by atoms with van der Waals surface area (Å²) in [4.78, 5) is 2.72. The van der Waals surface area contributed by atoms with E-state index in [-0.39, 0.29) is 6.04 Å². The minimum atomic E-state index is 0.0669. The highest BCUT2D eigenvalue weighted by atomic mass is 32.1. The number of hydrogen-bond acceptors (Lipinski definition) is 4.